The number of nitrogens with two attached hydrogens (primary N) is 1. The van der Waals surface area contributed by atoms with Crippen molar-refractivity contribution < 1.29 is 0 Å². The van der Waals surface area contributed by atoms with Crippen LogP contribution in [0, 0.1) is 5.92 Å². The van der Waals surface area contributed by atoms with E-state index in [0.717, 1.165) is 10.4 Å². The SMILES string of the molecule is CC1CCCC(N(C)C(CN)c2cccc(Br)c2)C1. The first-order valence-electron chi connectivity index (χ1n) is 7.29. The van der Waals surface area contributed by atoms with Gasteiger partial charge < -0.3 is 5.73 Å². The molecular weight excluding hydrogens is 300 g/mol. The highest BCUT2D eigenvalue weighted by atomic mass is 79.9. The molecule has 1 aliphatic carbocycles. The van der Waals surface area contributed by atoms with Crippen molar-refractivity contribution >= 4 is 15.9 Å². The van der Waals surface area contributed by atoms with E-state index >= 15 is 0 Å². The van der Waals surface area contributed by atoms with Crippen molar-refractivity contribution in [3.05, 3.63) is 34.3 Å². The van der Waals surface area contributed by atoms with Crippen molar-refractivity contribution in [2.75, 3.05) is 13.6 Å². The Bertz CT molecular complexity index is 407. The van der Waals surface area contributed by atoms with Crippen LogP contribution in [0.5, 0.6) is 0 Å². The molecule has 1 aromatic rings. The van der Waals surface area contributed by atoms with E-state index in [-0.39, 0.29) is 0 Å². The third kappa shape index (κ3) is 3.80. The molecule has 2 nitrogen and oxygen atoms in total. The summed E-state index contributed by atoms with van der Waals surface area (Å²) >= 11 is 3.55. The Kier molecular flexibility index (Phi) is 5.43. The molecule has 3 atom stereocenters. The lowest BCUT2D eigenvalue weighted by molar-refractivity contribution is 0.121. The smallest absolute Gasteiger partial charge is 0.0470 e. The van der Waals surface area contributed by atoms with E-state index in [1.807, 2.05) is 0 Å². The molecule has 0 bridgehead atoms. The number of hydrogen-bond donors (Lipinski definition) is 1. The lowest BCUT2D eigenvalue weighted by atomic mass is 9.85. The number of rotatable bonds is 4. The maximum Gasteiger partial charge on any atom is 0.0470 e. The van der Waals surface area contributed by atoms with Crippen molar-refractivity contribution in [1.82, 2.24) is 4.90 Å². The Hall–Kier alpha value is -0.380. The summed E-state index contributed by atoms with van der Waals surface area (Å²) in [4.78, 5) is 2.50. The molecule has 0 aliphatic heterocycles. The molecule has 2 rings (SSSR count). The minimum absolute atomic E-state index is 0.327. The van der Waals surface area contributed by atoms with Gasteiger partial charge in [0.2, 0.25) is 0 Å². The molecule has 3 heteroatoms. The van der Waals surface area contributed by atoms with E-state index in [0.29, 0.717) is 18.6 Å². The number of nitrogens with zero attached hydrogens (tertiary/aromatic N) is 1. The molecule has 0 radical (unpaired) electrons. The molecule has 1 aliphatic rings. The zero-order valence-electron chi connectivity index (χ0n) is 12.0. The normalized spacial score (nSPS) is 25.5. The van der Waals surface area contributed by atoms with Crippen molar-refractivity contribution in [2.24, 2.45) is 11.7 Å². The fraction of sp³-hybridized carbons (Fsp3) is 0.625. The van der Waals surface area contributed by atoms with Crippen molar-refractivity contribution in [1.29, 1.82) is 0 Å². The molecule has 2 N–H and O–H groups in total. The second kappa shape index (κ2) is 6.87. The van der Waals surface area contributed by atoms with Crippen LogP contribution in [0.2, 0.25) is 0 Å². The topological polar surface area (TPSA) is 29.3 Å². The summed E-state index contributed by atoms with van der Waals surface area (Å²) in [6.45, 7) is 3.05. The molecule has 0 aromatic heterocycles. The van der Waals surface area contributed by atoms with Crippen LogP contribution in [0.4, 0.5) is 0 Å². The molecule has 106 valence electrons. The largest absolute Gasteiger partial charge is 0.329 e. The Morgan fingerprint density at radius 1 is 1.42 bits per heavy atom. The van der Waals surface area contributed by atoms with Gasteiger partial charge >= 0.3 is 0 Å². The van der Waals surface area contributed by atoms with Crippen LogP contribution in [0.1, 0.15) is 44.2 Å². The van der Waals surface area contributed by atoms with Crippen LogP contribution < -0.4 is 5.73 Å². The molecule has 0 saturated heterocycles. The van der Waals surface area contributed by atoms with E-state index < -0.39 is 0 Å². The summed E-state index contributed by atoms with van der Waals surface area (Å²) in [5, 5.41) is 0. The number of halogens is 1. The Balaban J connectivity index is 2.12. The van der Waals surface area contributed by atoms with Gasteiger partial charge in [-0.05, 0) is 43.5 Å². The molecular formula is C16H25BrN2. The first-order valence-corrected chi connectivity index (χ1v) is 8.08. The number of hydrogen-bond acceptors (Lipinski definition) is 2. The number of benzene rings is 1. The minimum atomic E-state index is 0.327. The zero-order valence-corrected chi connectivity index (χ0v) is 13.6. The lowest BCUT2D eigenvalue weighted by Gasteiger charge is -2.39. The van der Waals surface area contributed by atoms with Gasteiger partial charge in [-0.3, -0.25) is 4.90 Å². The van der Waals surface area contributed by atoms with Gasteiger partial charge in [0.05, 0.1) is 0 Å². The van der Waals surface area contributed by atoms with Crippen LogP contribution >= 0.6 is 15.9 Å². The Morgan fingerprint density at radius 2 is 2.21 bits per heavy atom. The first-order chi connectivity index (χ1) is 9.11. The summed E-state index contributed by atoms with van der Waals surface area (Å²) in [6, 6.07) is 9.55. The molecule has 1 aromatic carbocycles. The van der Waals surface area contributed by atoms with E-state index in [4.69, 9.17) is 5.73 Å². The Morgan fingerprint density at radius 3 is 2.84 bits per heavy atom. The Labute approximate surface area is 125 Å². The van der Waals surface area contributed by atoms with Crippen molar-refractivity contribution in [3.63, 3.8) is 0 Å². The van der Waals surface area contributed by atoms with E-state index in [2.05, 4.69) is 59.1 Å². The minimum Gasteiger partial charge on any atom is -0.329 e. The van der Waals surface area contributed by atoms with E-state index in [1.54, 1.807) is 0 Å². The summed E-state index contributed by atoms with van der Waals surface area (Å²) in [6.07, 6.45) is 5.35. The summed E-state index contributed by atoms with van der Waals surface area (Å²) in [7, 11) is 2.24. The second-order valence-corrected chi connectivity index (χ2v) is 6.81. The van der Waals surface area contributed by atoms with Gasteiger partial charge in [-0.1, -0.05) is 47.8 Å². The lowest BCUT2D eigenvalue weighted by Crippen LogP contribution is -2.41. The van der Waals surface area contributed by atoms with Crippen LogP contribution in [0.3, 0.4) is 0 Å². The highest BCUT2D eigenvalue weighted by molar-refractivity contribution is 9.10. The molecule has 19 heavy (non-hydrogen) atoms. The standard InChI is InChI=1S/C16H25BrN2/c1-12-5-3-8-15(9-12)19(2)16(11-18)13-6-4-7-14(17)10-13/h4,6-7,10,12,15-16H,3,5,8-9,11,18H2,1-2H3. The average molecular weight is 325 g/mol. The molecule has 1 saturated carbocycles. The summed E-state index contributed by atoms with van der Waals surface area (Å²) in [5.41, 5.74) is 7.36. The molecule has 0 heterocycles. The monoisotopic (exact) mass is 324 g/mol. The van der Waals surface area contributed by atoms with Gasteiger partial charge in [0.15, 0.2) is 0 Å². The highest BCUT2D eigenvalue weighted by Crippen LogP contribution is 2.31. The van der Waals surface area contributed by atoms with Crippen molar-refractivity contribution in [3.8, 4) is 0 Å². The van der Waals surface area contributed by atoms with Gasteiger partial charge in [-0.2, -0.15) is 0 Å². The molecule has 1 fully saturated rings. The maximum absolute atomic E-state index is 6.04. The van der Waals surface area contributed by atoms with Gasteiger partial charge in [-0.25, -0.2) is 0 Å². The zero-order chi connectivity index (χ0) is 13.8. The first kappa shape index (κ1) is 15.0. The predicted octanol–water partition coefficient (Wildman–Crippen LogP) is 3.96. The predicted molar refractivity (Wildman–Crippen MR) is 85.1 cm³/mol. The van der Waals surface area contributed by atoms with E-state index in [9.17, 15) is 0 Å². The molecule has 3 unspecified atom stereocenters. The maximum atomic E-state index is 6.04. The van der Waals surface area contributed by atoms with Gasteiger partial charge in [0, 0.05) is 23.1 Å². The molecule has 0 amide bonds. The van der Waals surface area contributed by atoms with Crippen LogP contribution in [0.15, 0.2) is 28.7 Å². The average Bonchev–Trinajstić information content (AvgIpc) is 2.39. The fourth-order valence-corrected chi connectivity index (χ4v) is 3.69. The number of likely N-dealkylation sites (N-methyl/N-ethyl adjacent to an activating group) is 1. The van der Waals surface area contributed by atoms with Crippen LogP contribution in [0.25, 0.3) is 0 Å². The fourth-order valence-electron chi connectivity index (χ4n) is 3.28. The summed E-state index contributed by atoms with van der Waals surface area (Å²) in [5.74, 6) is 0.849. The second-order valence-electron chi connectivity index (χ2n) is 5.90. The third-order valence-electron chi connectivity index (χ3n) is 4.43. The van der Waals surface area contributed by atoms with Gasteiger partial charge in [0.25, 0.3) is 0 Å². The van der Waals surface area contributed by atoms with Crippen LogP contribution in [-0.2, 0) is 0 Å². The molecule has 0 spiro atoms. The third-order valence-corrected chi connectivity index (χ3v) is 4.93. The van der Waals surface area contributed by atoms with Gasteiger partial charge in [0.1, 0.15) is 0 Å². The van der Waals surface area contributed by atoms with Gasteiger partial charge in [-0.15, -0.1) is 0 Å². The quantitative estimate of drug-likeness (QED) is 0.908. The highest BCUT2D eigenvalue weighted by Gasteiger charge is 2.27. The van der Waals surface area contributed by atoms with E-state index in [1.165, 1.54) is 31.2 Å². The van der Waals surface area contributed by atoms with Crippen molar-refractivity contribution in [2.45, 2.75) is 44.7 Å². The summed E-state index contributed by atoms with van der Waals surface area (Å²) < 4.78 is 1.13. The van der Waals surface area contributed by atoms with Crippen LogP contribution in [-0.4, -0.2) is 24.5 Å².